The van der Waals surface area contributed by atoms with Gasteiger partial charge in [-0.3, -0.25) is 0 Å². The molecule has 0 saturated carbocycles. The van der Waals surface area contributed by atoms with E-state index in [0.717, 1.165) is 19.4 Å². The summed E-state index contributed by atoms with van der Waals surface area (Å²) in [6.45, 7) is 4.56. The van der Waals surface area contributed by atoms with Crippen molar-refractivity contribution >= 4 is 5.69 Å². The number of benzene rings is 1. The topological polar surface area (TPSA) is 35.5 Å². The summed E-state index contributed by atoms with van der Waals surface area (Å²) in [6.07, 6.45) is 4.37. The van der Waals surface area contributed by atoms with Crippen molar-refractivity contribution < 1.29 is 5.11 Å². The Morgan fingerprint density at radius 2 is 2.26 bits per heavy atom. The highest BCUT2D eigenvalue weighted by molar-refractivity contribution is 5.56. The number of hydrogen-bond acceptors (Lipinski definition) is 3. The summed E-state index contributed by atoms with van der Waals surface area (Å²) < 4.78 is 0. The van der Waals surface area contributed by atoms with Crippen molar-refractivity contribution in [2.24, 2.45) is 0 Å². The van der Waals surface area contributed by atoms with Gasteiger partial charge in [0.1, 0.15) is 0 Å². The van der Waals surface area contributed by atoms with E-state index in [1.54, 1.807) is 0 Å². The normalized spacial score (nSPS) is 16.3. The first-order valence-corrected chi connectivity index (χ1v) is 7.38. The number of aliphatic hydroxyl groups excluding tert-OH is 1. The third-order valence-electron chi connectivity index (χ3n) is 3.94. The molecular formula is C16H26N2O. The minimum atomic E-state index is 0.289. The van der Waals surface area contributed by atoms with E-state index >= 15 is 0 Å². The lowest BCUT2D eigenvalue weighted by molar-refractivity contribution is 0.276. The molecule has 3 heteroatoms. The molecule has 2 rings (SSSR count). The molecule has 3 nitrogen and oxygen atoms in total. The van der Waals surface area contributed by atoms with Crippen molar-refractivity contribution in [2.45, 2.75) is 45.2 Å². The van der Waals surface area contributed by atoms with Crippen molar-refractivity contribution in [2.75, 3.05) is 25.1 Å². The van der Waals surface area contributed by atoms with Gasteiger partial charge in [-0.25, -0.2) is 0 Å². The van der Waals surface area contributed by atoms with Gasteiger partial charge >= 0.3 is 0 Å². The standard InChI is InChI=1S/C16H26N2O/c1-13(5-4-10-19)17-12-14-7-8-16-15(11-14)6-3-9-18(16)2/h7-8,11,13,17,19H,3-6,9-10,12H2,1-2H3. The molecule has 0 amide bonds. The molecule has 0 bridgehead atoms. The van der Waals surface area contributed by atoms with Crippen LogP contribution in [-0.2, 0) is 13.0 Å². The summed E-state index contributed by atoms with van der Waals surface area (Å²) in [5.41, 5.74) is 4.24. The summed E-state index contributed by atoms with van der Waals surface area (Å²) in [5.74, 6) is 0. The van der Waals surface area contributed by atoms with Crippen molar-refractivity contribution in [3.8, 4) is 0 Å². The smallest absolute Gasteiger partial charge is 0.0431 e. The van der Waals surface area contributed by atoms with E-state index in [4.69, 9.17) is 5.11 Å². The summed E-state index contributed by atoms with van der Waals surface area (Å²) in [4.78, 5) is 2.35. The highest BCUT2D eigenvalue weighted by atomic mass is 16.2. The number of rotatable bonds is 6. The molecule has 1 aromatic rings. The molecule has 1 aliphatic rings. The Hall–Kier alpha value is -1.06. The Morgan fingerprint density at radius 1 is 1.42 bits per heavy atom. The van der Waals surface area contributed by atoms with E-state index in [9.17, 15) is 0 Å². The van der Waals surface area contributed by atoms with Crippen molar-refractivity contribution in [3.63, 3.8) is 0 Å². The second kappa shape index (κ2) is 6.92. The van der Waals surface area contributed by atoms with Gasteiger partial charge in [0.15, 0.2) is 0 Å². The van der Waals surface area contributed by atoms with E-state index in [1.807, 2.05) is 0 Å². The van der Waals surface area contributed by atoms with Gasteiger partial charge in [-0.05, 0) is 49.8 Å². The first-order chi connectivity index (χ1) is 9.20. The number of fused-ring (bicyclic) bond motifs is 1. The summed E-state index contributed by atoms with van der Waals surface area (Å²) in [5, 5.41) is 12.4. The average Bonchev–Trinajstić information content (AvgIpc) is 2.43. The fourth-order valence-corrected chi connectivity index (χ4v) is 2.74. The zero-order chi connectivity index (χ0) is 13.7. The van der Waals surface area contributed by atoms with Crippen molar-refractivity contribution in [1.29, 1.82) is 0 Å². The maximum absolute atomic E-state index is 8.83. The van der Waals surface area contributed by atoms with Crippen LogP contribution in [0.15, 0.2) is 18.2 Å². The minimum absolute atomic E-state index is 0.289. The zero-order valence-electron chi connectivity index (χ0n) is 12.2. The lowest BCUT2D eigenvalue weighted by Gasteiger charge is -2.28. The molecule has 1 heterocycles. The lowest BCUT2D eigenvalue weighted by Crippen LogP contribution is -2.27. The molecule has 0 saturated heterocycles. The largest absolute Gasteiger partial charge is 0.396 e. The molecule has 1 aliphatic heterocycles. The van der Waals surface area contributed by atoms with Gasteiger partial charge in [0.25, 0.3) is 0 Å². The number of aryl methyl sites for hydroxylation is 1. The second-order valence-electron chi connectivity index (χ2n) is 5.64. The fourth-order valence-electron chi connectivity index (χ4n) is 2.74. The Morgan fingerprint density at radius 3 is 3.05 bits per heavy atom. The van der Waals surface area contributed by atoms with Crippen LogP contribution in [0.25, 0.3) is 0 Å². The summed E-state index contributed by atoms with van der Waals surface area (Å²) in [7, 11) is 2.17. The van der Waals surface area contributed by atoms with Crippen LogP contribution in [-0.4, -0.2) is 31.3 Å². The van der Waals surface area contributed by atoms with E-state index in [0.29, 0.717) is 6.04 Å². The molecular weight excluding hydrogens is 236 g/mol. The van der Waals surface area contributed by atoms with Gasteiger partial charge < -0.3 is 15.3 Å². The van der Waals surface area contributed by atoms with E-state index in [-0.39, 0.29) is 6.61 Å². The molecule has 1 aromatic carbocycles. The number of nitrogens with one attached hydrogen (secondary N) is 1. The van der Waals surface area contributed by atoms with Crippen LogP contribution in [0.3, 0.4) is 0 Å². The van der Waals surface area contributed by atoms with Crippen LogP contribution in [0.1, 0.15) is 37.3 Å². The maximum Gasteiger partial charge on any atom is 0.0431 e. The Balaban J connectivity index is 1.91. The molecule has 0 spiro atoms. The molecule has 0 radical (unpaired) electrons. The van der Waals surface area contributed by atoms with Crippen LogP contribution >= 0.6 is 0 Å². The Kier molecular flexibility index (Phi) is 5.23. The van der Waals surface area contributed by atoms with Crippen LogP contribution in [0.2, 0.25) is 0 Å². The predicted molar refractivity (Wildman–Crippen MR) is 80.7 cm³/mol. The van der Waals surface area contributed by atoms with Crippen LogP contribution in [0.5, 0.6) is 0 Å². The number of aliphatic hydroxyl groups is 1. The second-order valence-corrected chi connectivity index (χ2v) is 5.64. The molecule has 2 N–H and O–H groups in total. The first-order valence-electron chi connectivity index (χ1n) is 7.38. The zero-order valence-corrected chi connectivity index (χ0v) is 12.2. The lowest BCUT2D eigenvalue weighted by atomic mass is 9.99. The van der Waals surface area contributed by atoms with Gasteiger partial charge in [-0.1, -0.05) is 12.1 Å². The molecule has 0 fully saturated rings. The van der Waals surface area contributed by atoms with Gasteiger partial charge in [-0.15, -0.1) is 0 Å². The van der Waals surface area contributed by atoms with E-state index < -0.39 is 0 Å². The molecule has 0 aromatic heterocycles. The highest BCUT2D eigenvalue weighted by Gasteiger charge is 2.13. The number of hydrogen-bond donors (Lipinski definition) is 2. The Labute approximate surface area is 116 Å². The highest BCUT2D eigenvalue weighted by Crippen LogP contribution is 2.26. The molecule has 1 atom stereocenters. The third-order valence-corrected chi connectivity index (χ3v) is 3.94. The minimum Gasteiger partial charge on any atom is -0.396 e. The number of nitrogens with zero attached hydrogens (tertiary/aromatic N) is 1. The monoisotopic (exact) mass is 262 g/mol. The van der Waals surface area contributed by atoms with Crippen molar-refractivity contribution in [3.05, 3.63) is 29.3 Å². The molecule has 106 valence electrons. The van der Waals surface area contributed by atoms with E-state index in [1.165, 1.54) is 36.2 Å². The number of anilines is 1. The molecule has 19 heavy (non-hydrogen) atoms. The molecule has 1 unspecified atom stereocenters. The van der Waals surface area contributed by atoms with Crippen LogP contribution < -0.4 is 10.2 Å². The van der Waals surface area contributed by atoms with Gasteiger partial charge in [0, 0.05) is 38.5 Å². The van der Waals surface area contributed by atoms with Crippen LogP contribution in [0, 0.1) is 0 Å². The summed E-state index contributed by atoms with van der Waals surface area (Å²) >= 11 is 0. The quantitative estimate of drug-likeness (QED) is 0.826. The summed E-state index contributed by atoms with van der Waals surface area (Å²) in [6, 6.07) is 7.29. The van der Waals surface area contributed by atoms with Gasteiger partial charge in [0.2, 0.25) is 0 Å². The van der Waals surface area contributed by atoms with Gasteiger partial charge in [0.05, 0.1) is 0 Å². The SMILES string of the molecule is CC(CCCO)NCc1ccc2c(c1)CCCN2C. The molecule has 0 aliphatic carbocycles. The van der Waals surface area contributed by atoms with Crippen molar-refractivity contribution in [1.82, 2.24) is 5.32 Å². The van der Waals surface area contributed by atoms with Crippen LogP contribution in [0.4, 0.5) is 5.69 Å². The predicted octanol–water partition coefficient (Wildman–Crippen LogP) is 2.32. The van der Waals surface area contributed by atoms with E-state index in [2.05, 4.69) is 42.4 Å². The maximum atomic E-state index is 8.83. The fraction of sp³-hybridized carbons (Fsp3) is 0.625. The Bertz CT molecular complexity index is 406. The first kappa shape index (κ1) is 14.4. The van der Waals surface area contributed by atoms with Gasteiger partial charge in [-0.2, -0.15) is 0 Å². The average molecular weight is 262 g/mol. The third kappa shape index (κ3) is 3.95.